The van der Waals surface area contributed by atoms with Crippen molar-refractivity contribution in [2.75, 3.05) is 17.7 Å². The lowest BCUT2D eigenvalue weighted by atomic mass is 10.2. The summed E-state index contributed by atoms with van der Waals surface area (Å²) < 4.78 is 17.8. The van der Waals surface area contributed by atoms with Crippen LogP contribution in [0.15, 0.2) is 48.5 Å². The predicted molar refractivity (Wildman–Crippen MR) is 76.2 cm³/mol. The number of hydrogen-bond acceptors (Lipinski definition) is 4. The molecule has 0 radical (unpaired) electrons. The molecule has 0 fully saturated rings. The summed E-state index contributed by atoms with van der Waals surface area (Å²) in [5, 5.41) is 2.57. The first-order valence-electron chi connectivity index (χ1n) is 6.13. The molecule has 0 atom stereocenters. The largest absolute Gasteiger partial charge is 0.452 e. The van der Waals surface area contributed by atoms with Gasteiger partial charge in [0.05, 0.1) is 11.3 Å². The van der Waals surface area contributed by atoms with Gasteiger partial charge >= 0.3 is 5.97 Å². The molecular weight excluding hydrogens is 275 g/mol. The fourth-order valence-electron chi connectivity index (χ4n) is 1.60. The van der Waals surface area contributed by atoms with Gasteiger partial charge in [0.15, 0.2) is 6.61 Å². The molecule has 0 saturated heterocycles. The van der Waals surface area contributed by atoms with Crippen molar-refractivity contribution in [2.45, 2.75) is 0 Å². The molecule has 5 nitrogen and oxygen atoms in total. The summed E-state index contributed by atoms with van der Waals surface area (Å²) in [5.74, 6) is -1.83. The van der Waals surface area contributed by atoms with E-state index in [-0.39, 0.29) is 11.3 Å². The summed E-state index contributed by atoms with van der Waals surface area (Å²) in [6, 6.07) is 12.2. The standard InChI is InChI=1S/C15H13FN2O3/c16-12-7-6-10(8-13(12)17)15(20)21-9-14(19)18-11-4-2-1-3-5-11/h1-8H,9,17H2,(H,18,19). The van der Waals surface area contributed by atoms with Crippen molar-refractivity contribution < 1.29 is 18.7 Å². The second-order valence-corrected chi connectivity index (χ2v) is 4.23. The van der Waals surface area contributed by atoms with E-state index >= 15 is 0 Å². The highest BCUT2D eigenvalue weighted by Gasteiger charge is 2.12. The highest BCUT2D eigenvalue weighted by atomic mass is 19.1. The molecule has 3 N–H and O–H groups in total. The Morgan fingerprint density at radius 1 is 1.14 bits per heavy atom. The van der Waals surface area contributed by atoms with E-state index in [9.17, 15) is 14.0 Å². The fraction of sp³-hybridized carbons (Fsp3) is 0.0667. The maximum Gasteiger partial charge on any atom is 0.338 e. The molecule has 2 rings (SSSR count). The first kappa shape index (κ1) is 14.5. The number of nitrogens with two attached hydrogens (primary N) is 1. The lowest BCUT2D eigenvalue weighted by Crippen LogP contribution is -2.21. The van der Waals surface area contributed by atoms with Crippen LogP contribution in [0.25, 0.3) is 0 Å². The second kappa shape index (κ2) is 6.51. The lowest BCUT2D eigenvalue weighted by molar-refractivity contribution is -0.119. The summed E-state index contributed by atoms with van der Waals surface area (Å²) in [6.45, 7) is -0.439. The summed E-state index contributed by atoms with van der Waals surface area (Å²) in [6.07, 6.45) is 0. The van der Waals surface area contributed by atoms with Crippen molar-refractivity contribution in [2.24, 2.45) is 0 Å². The summed E-state index contributed by atoms with van der Waals surface area (Å²) in [4.78, 5) is 23.3. The van der Waals surface area contributed by atoms with E-state index in [0.29, 0.717) is 5.69 Å². The third-order valence-electron chi connectivity index (χ3n) is 2.62. The third-order valence-corrected chi connectivity index (χ3v) is 2.62. The number of amides is 1. The molecule has 0 aromatic heterocycles. The number of anilines is 2. The minimum Gasteiger partial charge on any atom is -0.452 e. The van der Waals surface area contributed by atoms with Gasteiger partial charge in [0.2, 0.25) is 0 Å². The number of rotatable bonds is 4. The van der Waals surface area contributed by atoms with Crippen molar-refractivity contribution in [3.05, 3.63) is 59.9 Å². The van der Waals surface area contributed by atoms with Gasteiger partial charge in [-0.2, -0.15) is 0 Å². The molecule has 0 aliphatic carbocycles. The number of benzene rings is 2. The highest BCUT2D eigenvalue weighted by molar-refractivity contribution is 5.95. The Kier molecular flexibility index (Phi) is 4.50. The first-order valence-corrected chi connectivity index (χ1v) is 6.13. The number of esters is 1. The zero-order valence-electron chi connectivity index (χ0n) is 11.0. The molecular formula is C15H13FN2O3. The predicted octanol–water partition coefficient (Wildman–Crippen LogP) is 2.20. The van der Waals surface area contributed by atoms with Crippen molar-refractivity contribution in [3.63, 3.8) is 0 Å². The van der Waals surface area contributed by atoms with E-state index in [2.05, 4.69) is 5.32 Å². The number of ether oxygens (including phenoxy) is 1. The van der Waals surface area contributed by atoms with Gasteiger partial charge in [0.1, 0.15) is 5.82 Å². The molecule has 0 aliphatic rings. The summed E-state index contributed by atoms with van der Waals surface area (Å²) in [7, 11) is 0. The van der Waals surface area contributed by atoms with Crippen LogP contribution in [0, 0.1) is 5.82 Å². The summed E-state index contributed by atoms with van der Waals surface area (Å²) >= 11 is 0. The van der Waals surface area contributed by atoms with E-state index in [4.69, 9.17) is 10.5 Å². The Morgan fingerprint density at radius 3 is 2.52 bits per heavy atom. The molecule has 2 aromatic rings. The fourth-order valence-corrected chi connectivity index (χ4v) is 1.60. The number of nitrogens with one attached hydrogen (secondary N) is 1. The Balaban J connectivity index is 1.89. The van der Waals surface area contributed by atoms with Gasteiger partial charge in [-0.15, -0.1) is 0 Å². The van der Waals surface area contributed by atoms with E-state index in [0.717, 1.165) is 12.1 Å². The minimum absolute atomic E-state index is 0.0846. The Hall–Kier alpha value is -2.89. The molecule has 0 bridgehead atoms. The van der Waals surface area contributed by atoms with Gasteiger partial charge in [-0.25, -0.2) is 9.18 Å². The number of nitrogen functional groups attached to an aromatic ring is 1. The van der Waals surface area contributed by atoms with Gasteiger partial charge in [0.25, 0.3) is 5.91 Å². The van der Waals surface area contributed by atoms with Gasteiger partial charge in [-0.1, -0.05) is 18.2 Å². The number of carbonyl (C=O) groups is 2. The van der Waals surface area contributed by atoms with E-state index in [1.54, 1.807) is 24.3 Å². The van der Waals surface area contributed by atoms with E-state index in [1.807, 2.05) is 6.07 Å². The number of para-hydroxylation sites is 1. The monoisotopic (exact) mass is 288 g/mol. The SMILES string of the molecule is Nc1cc(C(=O)OCC(=O)Nc2ccccc2)ccc1F. The summed E-state index contributed by atoms with van der Waals surface area (Å²) in [5.41, 5.74) is 5.89. The first-order chi connectivity index (χ1) is 10.1. The van der Waals surface area contributed by atoms with Crippen LogP contribution in [0.3, 0.4) is 0 Å². The number of halogens is 1. The third kappa shape index (κ3) is 4.04. The molecule has 1 amide bonds. The molecule has 2 aromatic carbocycles. The average Bonchev–Trinajstić information content (AvgIpc) is 2.48. The van der Waals surface area contributed by atoms with Crippen LogP contribution in [0.5, 0.6) is 0 Å². The second-order valence-electron chi connectivity index (χ2n) is 4.23. The molecule has 21 heavy (non-hydrogen) atoms. The Labute approximate surface area is 120 Å². The van der Waals surface area contributed by atoms with Crippen LogP contribution in [0.2, 0.25) is 0 Å². The number of carbonyl (C=O) groups excluding carboxylic acids is 2. The van der Waals surface area contributed by atoms with Crippen LogP contribution in [0.1, 0.15) is 10.4 Å². The lowest BCUT2D eigenvalue weighted by Gasteiger charge is -2.07. The van der Waals surface area contributed by atoms with E-state index < -0.39 is 24.3 Å². The minimum atomic E-state index is -0.745. The Morgan fingerprint density at radius 2 is 1.86 bits per heavy atom. The molecule has 0 heterocycles. The maximum atomic E-state index is 13.0. The van der Waals surface area contributed by atoms with Crippen molar-refractivity contribution in [3.8, 4) is 0 Å². The highest BCUT2D eigenvalue weighted by Crippen LogP contribution is 2.13. The van der Waals surface area contributed by atoms with Gasteiger partial charge in [0, 0.05) is 5.69 Å². The zero-order valence-corrected chi connectivity index (χ0v) is 11.0. The molecule has 108 valence electrons. The molecule has 6 heteroatoms. The average molecular weight is 288 g/mol. The number of hydrogen-bond donors (Lipinski definition) is 2. The van der Waals surface area contributed by atoms with Gasteiger partial charge in [-0.3, -0.25) is 4.79 Å². The molecule has 0 saturated carbocycles. The van der Waals surface area contributed by atoms with Gasteiger partial charge in [-0.05, 0) is 30.3 Å². The van der Waals surface area contributed by atoms with Gasteiger partial charge < -0.3 is 15.8 Å². The van der Waals surface area contributed by atoms with Crippen LogP contribution in [-0.4, -0.2) is 18.5 Å². The van der Waals surface area contributed by atoms with Crippen molar-refractivity contribution in [1.82, 2.24) is 0 Å². The topological polar surface area (TPSA) is 81.4 Å². The van der Waals surface area contributed by atoms with Crippen LogP contribution in [-0.2, 0) is 9.53 Å². The maximum absolute atomic E-state index is 13.0. The van der Waals surface area contributed by atoms with Crippen LogP contribution < -0.4 is 11.1 Å². The van der Waals surface area contributed by atoms with Crippen LogP contribution >= 0.6 is 0 Å². The quantitative estimate of drug-likeness (QED) is 0.667. The normalized spacial score (nSPS) is 9.95. The smallest absolute Gasteiger partial charge is 0.338 e. The Bertz CT molecular complexity index is 659. The van der Waals surface area contributed by atoms with E-state index in [1.165, 1.54) is 6.07 Å². The van der Waals surface area contributed by atoms with Crippen molar-refractivity contribution in [1.29, 1.82) is 0 Å². The molecule has 0 spiro atoms. The molecule has 0 aliphatic heterocycles. The van der Waals surface area contributed by atoms with Crippen LogP contribution in [0.4, 0.5) is 15.8 Å². The van der Waals surface area contributed by atoms with Crippen molar-refractivity contribution >= 4 is 23.3 Å². The molecule has 0 unspecified atom stereocenters. The zero-order chi connectivity index (χ0) is 15.2.